The van der Waals surface area contributed by atoms with Crippen LogP contribution in [0.3, 0.4) is 0 Å². The zero-order valence-corrected chi connectivity index (χ0v) is 13.4. The molecule has 1 aliphatic rings. The zero-order chi connectivity index (χ0) is 15.4. The summed E-state index contributed by atoms with van der Waals surface area (Å²) in [5.74, 6) is -1.37. The number of carbonyl (C=O) groups excluding carboxylic acids is 1. The average Bonchev–Trinajstić information content (AvgIpc) is 2.72. The highest BCUT2D eigenvalue weighted by molar-refractivity contribution is 9.10. The molecule has 2 N–H and O–H groups in total. The number of benzene rings is 1. The van der Waals surface area contributed by atoms with Crippen molar-refractivity contribution in [2.75, 3.05) is 0 Å². The smallest absolute Gasteiger partial charge is 0.305 e. The molecule has 1 aliphatic heterocycles. The fourth-order valence-corrected chi connectivity index (χ4v) is 3.06. The molecule has 0 bridgehead atoms. The summed E-state index contributed by atoms with van der Waals surface area (Å²) in [6, 6.07) is 5.76. The van der Waals surface area contributed by atoms with Crippen LogP contribution in [-0.4, -0.2) is 33.6 Å². The molecule has 8 heteroatoms. The van der Waals surface area contributed by atoms with Gasteiger partial charge < -0.3 is 10.4 Å². The van der Waals surface area contributed by atoms with Gasteiger partial charge in [-0.25, -0.2) is 0 Å². The quantitative estimate of drug-likeness (QED) is 0.628. The molecule has 1 saturated heterocycles. The van der Waals surface area contributed by atoms with E-state index in [1.165, 1.54) is 0 Å². The van der Waals surface area contributed by atoms with Crippen LogP contribution in [0.1, 0.15) is 17.5 Å². The van der Waals surface area contributed by atoms with E-state index in [1.54, 1.807) is 6.21 Å². The van der Waals surface area contributed by atoms with Crippen molar-refractivity contribution in [1.29, 1.82) is 0 Å². The number of nitrogens with one attached hydrogen (secondary N) is 1. The molecule has 1 amide bonds. The number of rotatable bonds is 4. The van der Waals surface area contributed by atoms with E-state index < -0.39 is 11.2 Å². The largest absolute Gasteiger partial charge is 0.481 e. The fraction of sp³-hybridized carbons (Fsp3) is 0.231. The van der Waals surface area contributed by atoms with Gasteiger partial charge in [0.05, 0.1) is 12.6 Å². The molecule has 0 aliphatic carbocycles. The molecule has 110 valence electrons. The number of amides is 1. The number of halogens is 1. The molecule has 0 aromatic heterocycles. The number of hydrogen-bond acceptors (Lipinski definition) is 5. The Morgan fingerprint density at radius 2 is 2.33 bits per heavy atom. The molecule has 21 heavy (non-hydrogen) atoms. The summed E-state index contributed by atoms with van der Waals surface area (Å²) in [4.78, 5) is 22.1. The first-order chi connectivity index (χ1) is 9.95. The summed E-state index contributed by atoms with van der Waals surface area (Å²) < 4.78 is 0.985. The maximum Gasteiger partial charge on any atom is 0.305 e. The van der Waals surface area contributed by atoms with Gasteiger partial charge in [0, 0.05) is 4.47 Å². The van der Waals surface area contributed by atoms with E-state index in [2.05, 4.69) is 31.4 Å². The van der Waals surface area contributed by atoms with Crippen LogP contribution in [0, 0.1) is 6.92 Å². The minimum atomic E-state index is -1.02. The highest BCUT2D eigenvalue weighted by Crippen LogP contribution is 2.22. The van der Waals surface area contributed by atoms with Crippen molar-refractivity contribution in [3.63, 3.8) is 0 Å². The Bertz CT molecular complexity index is 646. The SMILES string of the molecule is Cc1cc(Br)ccc1C=NN=C1NC(=O)C(CC(=O)O)S1. The number of carboxylic acid groups (broad SMARTS) is 1. The van der Waals surface area contributed by atoms with Gasteiger partial charge in [0.1, 0.15) is 5.25 Å². The molecule has 1 aromatic carbocycles. The molecule has 1 unspecified atom stereocenters. The van der Waals surface area contributed by atoms with Crippen LogP contribution in [0.5, 0.6) is 0 Å². The van der Waals surface area contributed by atoms with Gasteiger partial charge in [-0.05, 0) is 30.2 Å². The molecule has 1 heterocycles. The second-order valence-electron chi connectivity index (χ2n) is 4.34. The number of aliphatic carboxylic acids is 1. The maximum atomic E-state index is 11.5. The van der Waals surface area contributed by atoms with Crippen molar-refractivity contribution in [2.45, 2.75) is 18.6 Å². The van der Waals surface area contributed by atoms with Gasteiger partial charge in [-0.2, -0.15) is 5.10 Å². The van der Waals surface area contributed by atoms with Gasteiger partial charge in [0.25, 0.3) is 0 Å². The number of aryl methyl sites for hydroxylation is 1. The first-order valence-corrected chi connectivity index (χ1v) is 7.69. The van der Waals surface area contributed by atoms with Gasteiger partial charge >= 0.3 is 5.97 Å². The molecule has 0 saturated carbocycles. The summed E-state index contributed by atoms with van der Waals surface area (Å²) in [6.45, 7) is 1.95. The van der Waals surface area contributed by atoms with Crippen LogP contribution in [-0.2, 0) is 9.59 Å². The van der Waals surface area contributed by atoms with Crippen LogP contribution in [0.2, 0.25) is 0 Å². The summed E-state index contributed by atoms with van der Waals surface area (Å²) >= 11 is 4.46. The van der Waals surface area contributed by atoms with E-state index in [-0.39, 0.29) is 12.3 Å². The summed E-state index contributed by atoms with van der Waals surface area (Å²) in [7, 11) is 0. The molecule has 1 aromatic rings. The molecule has 6 nitrogen and oxygen atoms in total. The lowest BCUT2D eigenvalue weighted by atomic mass is 10.1. The van der Waals surface area contributed by atoms with E-state index in [0.717, 1.165) is 27.4 Å². The van der Waals surface area contributed by atoms with Crippen molar-refractivity contribution in [2.24, 2.45) is 10.2 Å². The molecule has 1 fully saturated rings. The number of nitrogens with zero attached hydrogens (tertiary/aromatic N) is 2. The second kappa shape index (κ2) is 6.86. The predicted octanol–water partition coefficient (Wildman–Crippen LogP) is 2.15. The fourth-order valence-electron chi connectivity index (χ4n) is 1.67. The minimum Gasteiger partial charge on any atom is -0.481 e. The Hall–Kier alpha value is -1.67. The van der Waals surface area contributed by atoms with Crippen LogP contribution in [0.15, 0.2) is 32.9 Å². The monoisotopic (exact) mass is 369 g/mol. The average molecular weight is 370 g/mol. The van der Waals surface area contributed by atoms with E-state index >= 15 is 0 Å². The Morgan fingerprint density at radius 1 is 1.57 bits per heavy atom. The van der Waals surface area contributed by atoms with Crippen molar-refractivity contribution in [3.8, 4) is 0 Å². The van der Waals surface area contributed by atoms with Gasteiger partial charge in [0.2, 0.25) is 5.91 Å². The number of carboxylic acids is 1. The van der Waals surface area contributed by atoms with Crippen molar-refractivity contribution < 1.29 is 14.7 Å². The number of thioether (sulfide) groups is 1. The van der Waals surface area contributed by atoms with E-state index in [0.29, 0.717) is 5.17 Å². The normalized spacial score (nSPS) is 20.2. The maximum absolute atomic E-state index is 11.5. The molecule has 2 rings (SSSR count). The standard InChI is InChI=1S/C13H12BrN3O3S/c1-7-4-9(14)3-2-8(7)6-15-17-13-16-12(20)10(21-13)5-11(18)19/h2-4,6,10H,5H2,1H3,(H,18,19)(H,16,17,20). The third kappa shape index (κ3) is 4.40. The first kappa shape index (κ1) is 15.7. The third-order valence-corrected chi connectivity index (χ3v) is 4.28. The Kier molecular flexibility index (Phi) is 5.13. The van der Waals surface area contributed by atoms with Crippen molar-refractivity contribution in [3.05, 3.63) is 33.8 Å². The number of hydrogen-bond donors (Lipinski definition) is 2. The lowest BCUT2D eigenvalue weighted by Crippen LogP contribution is -2.26. The molecule has 1 atom stereocenters. The Balaban J connectivity index is 2.03. The van der Waals surface area contributed by atoms with Gasteiger partial charge in [-0.15, -0.1) is 5.10 Å². The second-order valence-corrected chi connectivity index (χ2v) is 6.45. The minimum absolute atomic E-state index is 0.231. The Labute approximate surface area is 133 Å². The number of carbonyl (C=O) groups is 2. The Morgan fingerprint density at radius 3 is 3.00 bits per heavy atom. The van der Waals surface area contributed by atoms with E-state index in [1.807, 2.05) is 25.1 Å². The van der Waals surface area contributed by atoms with Crippen LogP contribution >= 0.6 is 27.7 Å². The first-order valence-electron chi connectivity index (χ1n) is 6.02. The van der Waals surface area contributed by atoms with Gasteiger partial charge in [0.15, 0.2) is 5.17 Å². The lowest BCUT2D eigenvalue weighted by Gasteiger charge is -1.99. The van der Waals surface area contributed by atoms with Crippen LogP contribution < -0.4 is 5.32 Å². The van der Waals surface area contributed by atoms with E-state index in [9.17, 15) is 9.59 Å². The molecular weight excluding hydrogens is 358 g/mol. The summed E-state index contributed by atoms with van der Waals surface area (Å²) in [6.07, 6.45) is 1.36. The van der Waals surface area contributed by atoms with Crippen LogP contribution in [0.25, 0.3) is 0 Å². The highest BCUT2D eigenvalue weighted by atomic mass is 79.9. The van der Waals surface area contributed by atoms with Gasteiger partial charge in [-0.1, -0.05) is 33.8 Å². The third-order valence-electron chi connectivity index (χ3n) is 2.71. The van der Waals surface area contributed by atoms with Crippen molar-refractivity contribution >= 4 is 51.0 Å². The van der Waals surface area contributed by atoms with Crippen molar-refractivity contribution in [1.82, 2.24) is 5.32 Å². The summed E-state index contributed by atoms with van der Waals surface area (Å²) in [5.41, 5.74) is 1.96. The van der Waals surface area contributed by atoms with Crippen LogP contribution in [0.4, 0.5) is 0 Å². The highest BCUT2D eigenvalue weighted by Gasteiger charge is 2.32. The molecular formula is C13H12BrN3O3S. The lowest BCUT2D eigenvalue weighted by molar-refractivity contribution is -0.138. The molecule has 0 radical (unpaired) electrons. The number of amidine groups is 1. The topological polar surface area (TPSA) is 91.1 Å². The molecule has 0 spiro atoms. The summed E-state index contributed by atoms with van der Waals surface area (Å²) in [5, 5.41) is 18.7. The van der Waals surface area contributed by atoms with E-state index in [4.69, 9.17) is 5.11 Å². The zero-order valence-electron chi connectivity index (χ0n) is 11.0. The predicted molar refractivity (Wildman–Crippen MR) is 85.7 cm³/mol. The van der Waals surface area contributed by atoms with Gasteiger partial charge in [-0.3, -0.25) is 9.59 Å².